The van der Waals surface area contributed by atoms with Gasteiger partial charge >= 0.3 is 0 Å². The van der Waals surface area contributed by atoms with E-state index in [2.05, 4.69) is 5.32 Å². The molecule has 2 aromatic carbocycles. The van der Waals surface area contributed by atoms with Gasteiger partial charge in [-0.1, -0.05) is 36.4 Å². The highest BCUT2D eigenvalue weighted by Crippen LogP contribution is 2.26. The van der Waals surface area contributed by atoms with Crippen molar-refractivity contribution in [2.75, 3.05) is 0 Å². The molecule has 2 aromatic rings. The largest absolute Gasteiger partial charge is 0.385 e. The number of nitrogens with one attached hydrogen (secondary N) is 1. The van der Waals surface area contributed by atoms with Gasteiger partial charge in [0.15, 0.2) is 11.6 Å². The molecule has 0 saturated carbocycles. The Kier molecular flexibility index (Phi) is 5.04. The maximum absolute atomic E-state index is 13.4. The minimum Gasteiger partial charge on any atom is -0.385 e. The number of halogens is 2. The smallest absolute Gasteiger partial charge is 0.223 e. The van der Waals surface area contributed by atoms with Crippen LogP contribution in [0.3, 0.4) is 0 Å². The van der Waals surface area contributed by atoms with Crippen molar-refractivity contribution in [3.8, 4) is 0 Å². The molecule has 0 fully saturated rings. The summed E-state index contributed by atoms with van der Waals surface area (Å²) in [6, 6.07) is 12.4. The molecular weight excluding hydrogens is 312 g/mol. The summed E-state index contributed by atoms with van der Waals surface area (Å²) >= 11 is 0. The fourth-order valence-corrected chi connectivity index (χ4v) is 2.56. The molecule has 1 unspecified atom stereocenters. The molecule has 3 nitrogen and oxygen atoms in total. The lowest BCUT2D eigenvalue weighted by atomic mass is 9.90. The molecule has 1 atom stereocenters. The third-order valence-corrected chi connectivity index (χ3v) is 3.99. The second kappa shape index (κ2) is 6.69. The molecule has 5 heteroatoms. The molecule has 0 aliphatic carbocycles. The van der Waals surface area contributed by atoms with Crippen LogP contribution in [0.5, 0.6) is 0 Å². The highest BCUT2D eigenvalue weighted by atomic mass is 19.2. The van der Waals surface area contributed by atoms with Gasteiger partial charge in [-0.3, -0.25) is 4.79 Å². The second-order valence-electron chi connectivity index (χ2n) is 6.62. The molecule has 0 aliphatic heterocycles. The maximum atomic E-state index is 13.4. The van der Waals surface area contributed by atoms with Gasteiger partial charge in [-0.15, -0.1) is 0 Å². The van der Waals surface area contributed by atoms with Gasteiger partial charge in [-0.05, 0) is 44.0 Å². The van der Waals surface area contributed by atoms with E-state index in [0.717, 1.165) is 12.1 Å². The molecule has 128 valence electrons. The van der Waals surface area contributed by atoms with E-state index in [1.54, 1.807) is 45.0 Å². The Balaban J connectivity index is 2.11. The van der Waals surface area contributed by atoms with Crippen LogP contribution in [0.4, 0.5) is 8.78 Å². The first-order chi connectivity index (χ1) is 11.1. The molecule has 1 amide bonds. The van der Waals surface area contributed by atoms with Gasteiger partial charge in [0.05, 0.1) is 17.6 Å². The van der Waals surface area contributed by atoms with Crippen LogP contribution in [0, 0.1) is 11.6 Å². The fraction of sp³-hybridized carbons (Fsp3) is 0.316. The standard InChI is InChI=1S/C19H21F2NO2/c1-18(2,14-9-10-15(20)16(21)11-14)22-17(23)12-19(3,24)13-7-5-4-6-8-13/h4-11,24H,12H2,1-3H3,(H,22,23). The summed E-state index contributed by atoms with van der Waals surface area (Å²) in [7, 11) is 0. The van der Waals surface area contributed by atoms with E-state index in [1.165, 1.54) is 6.07 Å². The zero-order valence-corrected chi connectivity index (χ0v) is 13.9. The minimum absolute atomic E-state index is 0.149. The van der Waals surface area contributed by atoms with Crippen molar-refractivity contribution in [2.24, 2.45) is 0 Å². The highest BCUT2D eigenvalue weighted by Gasteiger charge is 2.30. The number of aliphatic hydroxyl groups is 1. The Bertz CT molecular complexity index is 727. The molecule has 0 aromatic heterocycles. The van der Waals surface area contributed by atoms with Crippen molar-refractivity contribution in [1.82, 2.24) is 5.32 Å². The number of hydrogen-bond donors (Lipinski definition) is 2. The monoisotopic (exact) mass is 333 g/mol. The molecule has 2 N–H and O–H groups in total. The number of hydrogen-bond acceptors (Lipinski definition) is 2. The van der Waals surface area contributed by atoms with E-state index < -0.39 is 28.7 Å². The first-order valence-corrected chi connectivity index (χ1v) is 7.66. The first kappa shape index (κ1) is 18.1. The Morgan fingerprint density at radius 1 is 1.00 bits per heavy atom. The summed E-state index contributed by atoms with van der Waals surface area (Å²) < 4.78 is 26.5. The number of amides is 1. The lowest BCUT2D eigenvalue weighted by molar-refractivity contribution is -0.127. The second-order valence-corrected chi connectivity index (χ2v) is 6.62. The van der Waals surface area contributed by atoms with Crippen LogP contribution in [0.2, 0.25) is 0 Å². The normalized spacial score (nSPS) is 14.1. The summed E-state index contributed by atoms with van der Waals surface area (Å²) in [5.74, 6) is -2.29. The summed E-state index contributed by atoms with van der Waals surface area (Å²) in [4.78, 5) is 12.3. The van der Waals surface area contributed by atoms with Gasteiger partial charge in [-0.2, -0.15) is 0 Å². The van der Waals surface area contributed by atoms with Crippen LogP contribution in [0.25, 0.3) is 0 Å². The Morgan fingerprint density at radius 3 is 2.21 bits per heavy atom. The Labute approximate surface area is 140 Å². The zero-order valence-electron chi connectivity index (χ0n) is 13.9. The van der Waals surface area contributed by atoms with E-state index in [4.69, 9.17) is 0 Å². The average Bonchev–Trinajstić information content (AvgIpc) is 2.49. The maximum Gasteiger partial charge on any atom is 0.223 e. The third kappa shape index (κ3) is 4.17. The lowest BCUT2D eigenvalue weighted by Gasteiger charge is -2.30. The van der Waals surface area contributed by atoms with Crippen LogP contribution in [-0.4, -0.2) is 11.0 Å². The third-order valence-electron chi connectivity index (χ3n) is 3.99. The van der Waals surface area contributed by atoms with Gasteiger partial charge in [0, 0.05) is 0 Å². The van der Waals surface area contributed by atoms with E-state index >= 15 is 0 Å². The van der Waals surface area contributed by atoms with E-state index in [9.17, 15) is 18.7 Å². The van der Waals surface area contributed by atoms with E-state index in [0.29, 0.717) is 11.1 Å². The van der Waals surface area contributed by atoms with Crippen molar-refractivity contribution >= 4 is 5.91 Å². The number of carbonyl (C=O) groups is 1. The molecule has 0 saturated heterocycles. The van der Waals surface area contributed by atoms with Crippen molar-refractivity contribution in [3.63, 3.8) is 0 Å². The Hall–Kier alpha value is -2.27. The number of benzene rings is 2. The van der Waals surface area contributed by atoms with Gasteiger partial charge in [0.1, 0.15) is 0 Å². The first-order valence-electron chi connectivity index (χ1n) is 7.66. The van der Waals surface area contributed by atoms with Crippen LogP contribution < -0.4 is 5.32 Å². The molecule has 0 aliphatic rings. The molecule has 0 spiro atoms. The van der Waals surface area contributed by atoms with Crippen LogP contribution in [0.15, 0.2) is 48.5 Å². The van der Waals surface area contributed by atoms with E-state index in [1.807, 2.05) is 6.07 Å². The fourth-order valence-electron chi connectivity index (χ4n) is 2.56. The van der Waals surface area contributed by atoms with Crippen LogP contribution in [0.1, 0.15) is 38.3 Å². The van der Waals surface area contributed by atoms with Crippen molar-refractivity contribution < 1.29 is 18.7 Å². The van der Waals surface area contributed by atoms with Gasteiger partial charge in [0.25, 0.3) is 0 Å². The molecule has 24 heavy (non-hydrogen) atoms. The zero-order chi connectivity index (χ0) is 18.0. The highest BCUT2D eigenvalue weighted by molar-refractivity contribution is 5.78. The average molecular weight is 333 g/mol. The van der Waals surface area contributed by atoms with Crippen LogP contribution >= 0.6 is 0 Å². The topological polar surface area (TPSA) is 49.3 Å². The summed E-state index contributed by atoms with van der Waals surface area (Å²) in [6.07, 6.45) is -0.149. The van der Waals surface area contributed by atoms with Crippen molar-refractivity contribution in [2.45, 2.75) is 38.3 Å². The van der Waals surface area contributed by atoms with Crippen molar-refractivity contribution in [1.29, 1.82) is 0 Å². The number of carbonyl (C=O) groups excluding carboxylic acids is 1. The van der Waals surface area contributed by atoms with Crippen molar-refractivity contribution in [3.05, 3.63) is 71.3 Å². The van der Waals surface area contributed by atoms with Gasteiger partial charge in [0.2, 0.25) is 5.91 Å². The quantitative estimate of drug-likeness (QED) is 0.878. The Morgan fingerprint density at radius 2 is 1.62 bits per heavy atom. The van der Waals surface area contributed by atoms with Gasteiger partial charge < -0.3 is 10.4 Å². The number of rotatable bonds is 5. The predicted octanol–water partition coefficient (Wildman–Crippen LogP) is 3.61. The van der Waals surface area contributed by atoms with Crippen LogP contribution in [-0.2, 0) is 15.9 Å². The molecular formula is C19H21F2NO2. The SMILES string of the molecule is CC(O)(CC(=O)NC(C)(C)c1ccc(F)c(F)c1)c1ccccc1. The molecule has 0 heterocycles. The minimum atomic E-state index is -1.32. The summed E-state index contributed by atoms with van der Waals surface area (Å²) in [5, 5.41) is 13.3. The molecule has 0 bridgehead atoms. The summed E-state index contributed by atoms with van der Waals surface area (Å²) in [5.41, 5.74) is -1.16. The predicted molar refractivity (Wildman–Crippen MR) is 88.2 cm³/mol. The molecule has 2 rings (SSSR count). The summed E-state index contributed by atoms with van der Waals surface area (Å²) in [6.45, 7) is 4.94. The lowest BCUT2D eigenvalue weighted by Crippen LogP contribution is -2.43. The molecule has 0 radical (unpaired) electrons. The van der Waals surface area contributed by atoms with Gasteiger partial charge in [-0.25, -0.2) is 8.78 Å². The van der Waals surface area contributed by atoms with E-state index in [-0.39, 0.29) is 6.42 Å².